The van der Waals surface area contributed by atoms with E-state index in [-0.39, 0.29) is 5.75 Å². The van der Waals surface area contributed by atoms with Gasteiger partial charge in [0.15, 0.2) is 0 Å². The fourth-order valence-electron chi connectivity index (χ4n) is 0.952. The molecule has 0 spiro atoms. The van der Waals surface area contributed by atoms with Crippen LogP contribution in [0.3, 0.4) is 0 Å². The van der Waals surface area contributed by atoms with E-state index in [1.54, 1.807) is 18.2 Å². The van der Waals surface area contributed by atoms with Crippen LogP contribution in [0.4, 0.5) is 0 Å². The Morgan fingerprint density at radius 2 is 2.25 bits per heavy atom. The van der Waals surface area contributed by atoms with Crippen LogP contribution in [0.2, 0.25) is 5.02 Å². The Bertz CT molecular complexity index is 317. The zero-order chi connectivity index (χ0) is 8.97. The summed E-state index contributed by atoms with van der Waals surface area (Å²) in [5, 5.41) is 18.0. The van der Waals surface area contributed by atoms with E-state index in [1.807, 2.05) is 6.07 Å². The highest BCUT2D eigenvalue weighted by atomic mass is 35.5. The molecule has 0 aliphatic heterocycles. The molecule has 0 aliphatic carbocycles. The fraction of sp³-hybridized carbons (Fsp3) is 0.222. The summed E-state index contributed by atoms with van der Waals surface area (Å²) in [6, 6.07) is 7.15. The molecule has 0 radical (unpaired) electrons. The normalized spacial score (nSPS) is 9.33. The smallest absolute Gasteiger partial charge is 0.137 e. The van der Waals surface area contributed by atoms with Crippen molar-refractivity contribution < 1.29 is 5.11 Å². The maximum Gasteiger partial charge on any atom is 0.137 e. The average molecular weight is 182 g/mol. The van der Waals surface area contributed by atoms with Gasteiger partial charge in [0.2, 0.25) is 0 Å². The molecule has 0 fully saturated rings. The molecule has 0 heterocycles. The quantitative estimate of drug-likeness (QED) is 0.762. The molecule has 0 saturated carbocycles. The number of benzene rings is 1. The number of hydrogen-bond acceptors (Lipinski definition) is 2. The SMILES string of the molecule is N#CCCc1cccc(Cl)c1O. The minimum absolute atomic E-state index is 0.0921. The summed E-state index contributed by atoms with van der Waals surface area (Å²) in [5.41, 5.74) is 0.726. The Balaban J connectivity index is 2.86. The van der Waals surface area contributed by atoms with Gasteiger partial charge in [0.1, 0.15) is 5.75 Å². The largest absolute Gasteiger partial charge is 0.506 e. The molecule has 0 bridgehead atoms. The van der Waals surface area contributed by atoms with E-state index >= 15 is 0 Å². The van der Waals surface area contributed by atoms with Gasteiger partial charge in [-0.3, -0.25) is 0 Å². The van der Waals surface area contributed by atoms with Crippen LogP contribution in [0.1, 0.15) is 12.0 Å². The first-order chi connectivity index (χ1) is 5.75. The molecule has 0 saturated heterocycles. The lowest BCUT2D eigenvalue weighted by atomic mass is 10.1. The second-order valence-corrected chi connectivity index (χ2v) is 2.81. The van der Waals surface area contributed by atoms with Crippen LogP contribution in [-0.2, 0) is 6.42 Å². The fourth-order valence-corrected chi connectivity index (χ4v) is 1.15. The average Bonchev–Trinajstić information content (AvgIpc) is 2.08. The van der Waals surface area contributed by atoms with Gasteiger partial charge in [-0.25, -0.2) is 0 Å². The summed E-state index contributed by atoms with van der Waals surface area (Å²) < 4.78 is 0. The number of para-hydroxylation sites is 1. The number of hydrogen-bond donors (Lipinski definition) is 1. The third-order valence-corrected chi connectivity index (χ3v) is 1.88. The van der Waals surface area contributed by atoms with E-state index in [0.717, 1.165) is 5.56 Å². The maximum atomic E-state index is 9.38. The first-order valence-electron chi connectivity index (χ1n) is 3.59. The van der Waals surface area contributed by atoms with Gasteiger partial charge in [-0.15, -0.1) is 0 Å². The molecular weight excluding hydrogens is 174 g/mol. The first-order valence-corrected chi connectivity index (χ1v) is 3.97. The van der Waals surface area contributed by atoms with Crippen LogP contribution in [0.5, 0.6) is 5.75 Å². The molecule has 0 aromatic heterocycles. The van der Waals surface area contributed by atoms with Gasteiger partial charge in [0, 0.05) is 6.42 Å². The highest BCUT2D eigenvalue weighted by Crippen LogP contribution is 2.27. The van der Waals surface area contributed by atoms with Crippen molar-refractivity contribution in [2.45, 2.75) is 12.8 Å². The Kier molecular flexibility index (Phi) is 2.95. The Morgan fingerprint density at radius 1 is 1.50 bits per heavy atom. The van der Waals surface area contributed by atoms with Gasteiger partial charge >= 0.3 is 0 Å². The predicted octanol–water partition coefficient (Wildman–Crippen LogP) is 2.50. The molecule has 0 aliphatic rings. The van der Waals surface area contributed by atoms with Gasteiger partial charge in [0.05, 0.1) is 11.1 Å². The molecule has 12 heavy (non-hydrogen) atoms. The number of nitrogens with zero attached hydrogens (tertiary/aromatic N) is 1. The monoisotopic (exact) mass is 181 g/mol. The zero-order valence-corrected chi connectivity index (χ0v) is 7.17. The molecule has 0 amide bonds. The topological polar surface area (TPSA) is 44.0 Å². The lowest BCUT2D eigenvalue weighted by molar-refractivity contribution is 0.468. The summed E-state index contributed by atoms with van der Waals surface area (Å²) in [4.78, 5) is 0. The van der Waals surface area contributed by atoms with Gasteiger partial charge in [-0.05, 0) is 18.1 Å². The Hall–Kier alpha value is -1.20. The van der Waals surface area contributed by atoms with Crippen molar-refractivity contribution in [2.24, 2.45) is 0 Å². The molecule has 2 nitrogen and oxygen atoms in total. The molecule has 0 unspecified atom stereocenters. The minimum Gasteiger partial charge on any atom is -0.506 e. The van der Waals surface area contributed by atoms with E-state index in [9.17, 15) is 5.11 Å². The lowest BCUT2D eigenvalue weighted by Gasteiger charge is -2.02. The summed E-state index contributed by atoms with van der Waals surface area (Å²) >= 11 is 5.66. The first kappa shape index (κ1) is 8.89. The third kappa shape index (κ3) is 1.90. The molecule has 1 aromatic rings. The zero-order valence-electron chi connectivity index (χ0n) is 6.42. The van der Waals surface area contributed by atoms with Crippen LogP contribution in [-0.4, -0.2) is 5.11 Å². The van der Waals surface area contributed by atoms with Crippen molar-refractivity contribution in [3.63, 3.8) is 0 Å². The Labute approximate surface area is 76.0 Å². The van der Waals surface area contributed by atoms with Crippen LogP contribution in [0, 0.1) is 11.3 Å². The highest BCUT2D eigenvalue weighted by Gasteiger charge is 2.03. The van der Waals surface area contributed by atoms with Crippen molar-refractivity contribution in [3.05, 3.63) is 28.8 Å². The van der Waals surface area contributed by atoms with Gasteiger partial charge in [-0.1, -0.05) is 23.7 Å². The second kappa shape index (κ2) is 3.99. The molecule has 62 valence electrons. The summed E-state index contributed by atoms with van der Waals surface area (Å²) in [7, 11) is 0. The Morgan fingerprint density at radius 3 is 2.92 bits per heavy atom. The standard InChI is InChI=1S/C9H8ClNO/c10-8-5-1-3-7(9(8)12)4-2-6-11/h1,3,5,12H,2,4H2. The lowest BCUT2D eigenvalue weighted by Crippen LogP contribution is -1.84. The van der Waals surface area contributed by atoms with Crippen LogP contribution in [0.15, 0.2) is 18.2 Å². The molecule has 1 N–H and O–H groups in total. The van der Waals surface area contributed by atoms with E-state index in [4.69, 9.17) is 16.9 Å². The van der Waals surface area contributed by atoms with Crippen LogP contribution >= 0.6 is 11.6 Å². The van der Waals surface area contributed by atoms with Gasteiger partial charge in [-0.2, -0.15) is 5.26 Å². The highest BCUT2D eigenvalue weighted by molar-refractivity contribution is 6.32. The number of rotatable bonds is 2. The summed E-state index contributed by atoms with van der Waals surface area (Å²) in [5.74, 6) is 0.0921. The van der Waals surface area contributed by atoms with Crippen molar-refractivity contribution in [1.29, 1.82) is 5.26 Å². The molecule has 0 atom stereocenters. The van der Waals surface area contributed by atoms with E-state index in [0.29, 0.717) is 17.9 Å². The minimum atomic E-state index is 0.0921. The van der Waals surface area contributed by atoms with E-state index < -0.39 is 0 Å². The number of halogens is 1. The van der Waals surface area contributed by atoms with E-state index in [2.05, 4.69) is 0 Å². The summed E-state index contributed by atoms with van der Waals surface area (Å²) in [6.07, 6.45) is 0.941. The van der Waals surface area contributed by atoms with Crippen molar-refractivity contribution >= 4 is 11.6 Å². The number of phenols is 1. The van der Waals surface area contributed by atoms with Gasteiger partial charge in [0.25, 0.3) is 0 Å². The molecule has 3 heteroatoms. The third-order valence-electron chi connectivity index (χ3n) is 1.58. The maximum absolute atomic E-state index is 9.38. The summed E-state index contributed by atoms with van der Waals surface area (Å²) in [6.45, 7) is 0. The molecule has 1 rings (SSSR count). The van der Waals surface area contributed by atoms with Crippen molar-refractivity contribution in [2.75, 3.05) is 0 Å². The predicted molar refractivity (Wildman–Crippen MR) is 47.1 cm³/mol. The van der Waals surface area contributed by atoms with E-state index in [1.165, 1.54) is 0 Å². The number of aromatic hydroxyl groups is 1. The van der Waals surface area contributed by atoms with Gasteiger partial charge < -0.3 is 5.11 Å². The molecular formula is C9H8ClNO. The second-order valence-electron chi connectivity index (χ2n) is 2.41. The van der Waals surface area contributed by atoms with Crippen molar-refractivity contribution in [3.8, 4) is 11.8 Å². The number of phenolic OH excluding ortho intramolecular Hbond substituents is 1. The van der Waals surface area contributed by atoms with Crippen LogP contribution < -0.4 is 0 Å². The number of aryl methyl sites for hydroxylation is 1. The number of nitriles is 1. The van der Waals surface area contributed by atoms with Crippen molar-refractivity contribution in [1.82, 2.24) is 0 Å². The van der Waals surface area contributed by atoms with Crippen LogP contribution in [0.25, 0.3) is 0 Å². The molecule has 1 aromatic carbocycles.